The standard InChI is InChI=1S/C12H23N3O/c16-12(11-9-13-10-11)14-5-4-8-15-6-2-1-3-7-15/h11,13H,1-10H2,(H,14,16). The monoisotopic (exact) mass is 225 g/mol. The molecule has 0 atom stereocenters. The average molecular weight is 225 g/mol. The van der Waals surface area contributed by atoms with Crippen LogP contribution in [0.1, 0.15) is 25.7 Å². The lowest BCUT2D eigenvalue weighted by Crippen LogP contribution is -2.51. The van der Waals surface area contributed by atoms with Crippen LogP contribution in [0.5, 0.6) is 0 Å². The van der Waals surface area contributed by atoms with Crippen molar-refractivity contribution in [1.82, 2.24) is 15.5 Å². The Hall–Kier alpha value is -0.610. The highest BCUT2D eigenvalue weighted by Crippen LogP contribution is 2.08. The number of nitrogens with zero attached hydrogens (tertiary/aromatic N) is 1. The molecule has 0 radical (unpaired) electrons. The number of amides is 1. The fourth-order valence-corrected chi connectivity index (χ4v) is 2.32. The lowest BCUT2D eigenvalue weighted by atomic mass is 10.0. The highest BCUT2D eigenvalue weighted by atomic mass is 16.2. The molecule has 0 aromatic heterocycles. The van der Waals surface area contributed by atoms with Crippen LogP contribution < -0.4 is 10.6 Å². The molecule has 4 heteroatoms. The maximum Gasteiger partial charge on any atom is 0.225 e. The summed E-state index contributed by atoms with van der Waals surface area (Å²) in [4.78, 5) is 14.0. The van der Waals surface area contributed by atoms with Gasteiger partial charge in [-0.25, -0.2) is 0 Å². The first-order valence-corrected chi connectivity index (χ1v) is 6.57. The summed E-state index contributed by atoms with van der Waals surface area (Å²) in [5.74, 6) is 0.465. The van der Waals surface area contributed by atoms with E-state index in [9.17, 15) is 4.79 Å². The van der Waals surface area contributed by atoms with Crippen LogP contribution in [0.4, 0.5) is 0 Å². The Bertz CT molecular complexity index is 222. The molecule has 92 valence electrons. The Balaban J connectivity index is 1.49. The van der Waals surface area contributed by atoms with E-state index in [-0.39, 0.29) is 11.8 Å². The maximum atomic E-state index is 11.5. The smallest absolute Gasteiger partial charge is 0.225 e. The summed E-state index contributed by atoms with van der Waals surface area (Å²) in [6, 6.07) is 0. The van der Waals surface area contributed by atoms with Crippen LogP contribution in [0, 0.1) is 5.92 Å². The Morgan fingerprint density at radius 3 is 2.62 bits per heavy atom. The SMILES string of the molecule is O=C(NCCCN1CCCCC1)C1CNC1. The van der Waals surface area contributed by atoms with Crippen molar-refractivity contribution >= 4 is 5.91 Å². The van der Waals surface area contributed by atoms with Crippen LogP contribution in [0.25, 0.3) is 0 Å². The van der Waals surface area contributed by atoms with Gasteiger partial charge in [0.2, 0.25) is 5.91 Å². The predicted octanol–water partition coefficient (Wildman–Crippen LogP) is 0.198. The van der Waals surface area contributed by atoms with Gasteiger partial charge < -0.3 is 15.5 Å². The number of rotatable bonds is 5. The minimum absolute atomic E-state index is 0.231. The number of nitrogens with one attached hydrogen (secondary N) is 2. The lowest BCUT2D eigenvalue weighted by Gasteiger charge is -2.27. The molecule has 0 bridgehead atoms. The van der Waals surface area contributed by atoms with Gasteiger partial charge in [-0.15, -0.1) is 0 Å². The van der Waals surface area contributed by atoms with Crippen LogP contribution in [0.15, 0.2) is 0 Å². The van der Waals surface area contributed by atoms with Crippen molar-refractivity contribution in [3.63, 3.8) is 0 Å². The Kier molecular flexibility index (Phi) is 4.60. The molecule has 2 saturated heterocycles. The van der Waals surface area contributed by atoms with Gasteiger partial charge in [0, 0.05) is 19.6 Å². The third-order valence-corrected chi connectivity index (χ3v) is 3.55. The fraction of sp³-hybridized carbons (Fsp3) is 0.917. The largest absolute Gasteiger partial charge is 0.356 e. The van der Waals surface area contributed by atoms with Gasteiger partial charge in [0.25, 0.3) is 0 Å². The molecule has 16 heavy (non-hydrogen) atoms. The molecule has 0 aliphatic carbocycles. The van der Waals surface area contributed by atoms with Gasteiger partial charge in [-0.1, -0.05) is 6.42 Å². The zero-order valence-corrected chi connectivity index (χ0v) is 10.0. The highest BCUT2D eigenvalue weighted by Gasteiger charge is 2.24. The third-order valence-electron chi connectivity index (χ3n) is 3.55. The molecule has 0 aromatic rings. The second kappa shape index (κ2) is 6.21. The van der Waals surface area contributed by atoms with E-state index in [2.05, 4.69) is 15.5 Å². The van der Waals surface area contributed by atoms with Gasteiger partial charge in [0.15, 0.2) is 0 Å². The molecule has 2 heterocycles. The Morgan fingerprint density at radius 1 is 1.25 bits per heavy atom. The molecule has 0 spiro atoms. The molecule has 2 rings (SSSR count). The van der Waals surface area contributed by atoms with Crippen molar-refractivity contribution in [1.29, 1.82) is 0 Å². The molecule has 0 saturated carbocycles. The van der Waals surface area contributed by atoms with E-state index in [1.807, 2.05) is 0 Å². The summed E-state index contributed by atoms with van der Waals surface area (Å²) in [6.45, 7) is 6.20. The average Bonchev–Trinajstić information content (AvgIpc) is 2.23. The normalized spacial score (nSPS) is 22.8. The quantitative estimate of drug-likeness (QED) is 0.657. The first-order valence-electron chi connectivity index (χ1n) is 6.57. The highest BCUT2D eigenvalue weighted by molar-refractivity contribution is 5.79. The lowest BCUT2D eigenvalue weighted by molar-refractivity contribution is -0.126. The molecule has 4 nitrogen and oxygen atoms in total. The fourth-order valence-electron chi connectivity index (χ4n) is 2.32. The summed E-state index contributed by atoms with van der Waals surface area (Å²) in [5.41, 5.74) is 0. The minimum atomic E-state index is 0.231. The van der Waals surface area contributed by atoms with Crippen molar-refractivity contribution in [2.75, 3.05) is 39.3 Å². The van der Waals surface area contributed by atoms with Crippen molar-refractivity contribution < 1.29 is 4.79 Å². The first-order chi connectivity index (χ1) is 7.86. The van der Waals surface area contributed by atoms with Crippen molar-refractivity contribution in [3.05, 3.63) is 0 Å². The molecular weight excluding hydrogens is 202 g/mol. The van der Waals surface area contributed by atoms with E-state index in [4.69, 9.17) is 0 Å². The minimum Gasteiger partial charge on any atom is -0.356 e. The van der Waals surface area contributed by atoms with E-state index >= 15 is 0 Å². The number of piperidine rings is 1. The first kappa shape index (κ1) is 11.9. The number of hydrogen-bond acceptors (Lipinski definition) is 3. The zero-order chi connectivity index (χ0) is 11.2. The van der Waals surface area contributed by atoms with E-state index in [0.29, 0.717) is 0 Å². The second-order valence-electron chi connectivity index (χ2n) is 4.90. The molecule has 0 aromatic carbocycles. The number of hydrogen-bond donors (Lipinski definition) is 2. The second-order valence-corrected chi connectivity index (χ2v) is 4.90. The van der Waals surface area contributed by atoms with Gasteiger partial charge >= 0.3 is 0 Å². The van der Waals surface area contributed by atoms with Crippen molar-refractivity contribution in [2.45, 2.75) is 25.7 Å². The van der Waals surface area contributed by atoms with E-state index < -0.39 is 0 Å². The Morgan fingerprint density at radius 2 is 2.00 bits per heavy atom. The van der Waals surface area contributed by atoms with Crippen LogP contribution in [0.2, 0.25) is 0 Å². The molecule has 0 unspecified atom stereocenters. The summed E-state index contributed by atoms with van der Waals surface area (Å²) in [6.07, 6.45) is 5.17. The van der Waals surface area contributed by atoms with Crippen molar-refractivity contribution in [2.24, 2.45) is 5.92 Å². The van der Waals surface area contributed by atoms with Crippen LogP contribution in [0.3, 0.4) is 0 Å². The molecule has 2 fully saturated rings. The third kappa shape index (κ3) is 3.46. The van der Waals surface area contributed by atoms with Crippen molar-refractivity contribution in [3.8, 4) is 0 Å². The number of carbonyl (C=O) groups is 1. The van der Waals surface area contributed by atoms with Gasteiger partial charge in [-0.3, -0.25) is 4.79 Å². The number of carbonyl (C=O) groups excluding carboxylic acids is 1. The van der Waals surface area contributed by atoms with E-state index in [1.165, 1.54) is 32.4 Å². The van der Waals surface area contributed by atoms with Gasteiger partial charge in [0.1, 0.15) is 0 Å². The molecule has 2 aliphatic heterocycles. The zero-order valence-electron chi connectivity index (χ0n) is 10.0. The maximum absolute atomic E-state index is 11.5. The topological polar surface area (TPSA) is 44.4 Å². The van der Waals surface area contributed by atoms with Gasteiger partial charge in [-0.05, 0) is 38.9 Å². The van der Waals surface area contributed by atoms with E-state index in [0.717, 1.165) is 32.6 Å². The molecule has 2 aliphatic rings. The number of likely N-dealkylation sites (tertiary alicyclic amines) is 1. The predicted molar refractivity (Wildman–Crippen MR) is 64.3 cm³/mol. The summed E-state index contributed by atoms with van der Waals surface area (Å²) in [5, 5.41) is 6.13. The van der Waals surface area contributed by atoms with Crippen LogP contribution in [-0.4, -0.2) is 50.1 Å². The Labute approximate surface area is 97.8 Å². The summed E-state index contributed by atoms with van der Waals surface area (Å²) >= 11 is 0. The van der Waals surface area contributed by atoms with Crippen LogP contribution >= 0.6 is 0 Å². The van der Waals surface area contributed by atoms with Gasteiger partial charge in [-0.2, -0.15) is 0 Å². The molecular formula is C12H23N3O. The summed E-state index contributed by atoms with van der Waals surface area (Å²) in [7, 11) is 0. The summed E-state index contributed by atoms with van der Waals surface area (Å²) < 4.78 is 0. The molecule has 2 N–H and O–H groups in total. The van der Waals surface area contributed by atoms with Crippen LogP contribution in [-0.2, 0) is 4.79 Å². The van der Waals surface area contributed by atoms with Gasteiger partial charge in [0.05, 0.1) is 5.92 Å². The molecule has 1 amide bonds. The van der Waals surface area contributed by atoms with E-state index in [1.54, 1.807) is 0 Å².